The molecule has 0 aliphatic heterocycles. The number of carbonyl (C=O) groups is 1. The van der Waals surface area contributed by atoms with Crippen LogP contribution in [0, 0.1) is 10.1 Å². The van der Waals surface area contributed by atoms with Gasteiger partial charge in [-0.25, -0.2) is 4.79 Å². The molecule has 0 fully saturated rings. The number of nitro benzene ring substituents is 1. The summed E-state index contributed by atoms with van der Waals surface area (Å²) in [7, 11) is 0. The van der Waals surface area contributed by atoms with Gasteiger partial charge in [0.05, 0.1) is 4.92 Å². The van der Waals surface area contributed by atoms with Crippen LogP contribution in [0.25, 0.3) is 0 Å². The molecule has 0 atom stereocenters. The van der Waals surface area contributed by atoms with Crippen molar-refractivity contribution in [3.8, 4) is 0 Å². The number of carbonyl (C=O) groups excluding carboxylic acids is 1. The normalized spacial score (nSPS) is 9.71. The monoisotopic (exact) mass is 238 g/mol. The third-order valence-corrected chi connectivity index (χ3v) is 2.00. The maximum Gasteiger partial charge on any atom is 0.319 e. The van der Waals surface area contributed by atoms with Crippen LogP contribution in [-0.4, -0.2) is 24.0 Å². The molecule has 92 valence electrons. The van der Waals surface area contributed by atoms with Crippen molar-refractivity contribution in [1.82, 2.24) is 5.32 Å². The fourth-order valence-corrected chi connectivity index (χ4v) is 1.15. The van der Waals surface area contributed by atoms with Crippen LogP contribution in [0.5, 0.6) is 0 Å². The number of benzene rings is 1. The number of amides is 2. The van der Waals surface area contributed by atoms with Crippen molar-refractivity contribution in [1.29, 1.82) is 0 Å². The van der Waals surface area contributed by atoms with E-state index < -0.39 is 4.92 Å². The highest BCUT2D eigenvalue weighted by Crippen LogP contribution is 2.14. The van der Waals surface area contributed by atoms with Crippen LogP contribution in [0.1, 0.15) is 6.42 Å². The molecule has 0 spiro atoms. The summed E-state index contributed by atoms with van der Waals surface area (Å²) in [5.74, 6) is 0. The zero-order valence-electron chi connectivity index (χ0n) is 9.18. The molecule has 7 nitrogen and oxygen atoms in total. The van der Waals surface area contributed by atoms with E-state index in [1.165, 1.54) is 24.3 Å². The topological polar surface area (TPSA) is 110 Å². The minimum atomic E-state index is -0.495. The number of anilines is 1. The van der Waals surface area contributed by atoms with E-state index in [-0.39, 0.29) is 11.7 Å². The van der Waals surface area contributed by atoms with E-state index in [0.29, 0.717) is 25.2 Å². The van der Waals surface area contributed by atoms with Gasteiger partial charge < -0.3 is 16.4 Å². The van der Waals surface area contributed by atoms with E-state index in [2.05, 4.69) is 10.6 Å². The zero-order valence-corrected chi connectivity index (χ0v) is 9.18. The van der Waals surface area contributed by atoms with Gasteiger partial charge in [0.1, 0.15) is 0 Å². The summed E-state index contributed by atoms with van der Waals surface area (Å²) in [6.45, 7) is 1.01. The number of urea groups is 1. The van der Waals surface area contributed by atoms with Crippen molar-refractivity contribution in [2.45, 2.75) is 6.42 Å². The van der Waals surface area contributed by atoms with Crippen LogP contribution >= 0.6 is 0 Å². The molecule has 0 aliphatic carbocycles. The molecule has 0 radical (unpaired) electrons. The van der Waals surface area contributed by atoms with Crippen LogP contribution in [0.3, 0.4) is 0 Å². The van der Waals surface area contributed by atoms with Gasteiger partial charge in [0, 0.05) is 24.4 Å². The van der Waals surface area contributed by atoms with Crippen LogP contribution < -0.4 is 16.4 Å². The average Bonchev–Trinajstić information content (AvgIpc) is 2.30. The molecule has 0 saturated heterocycles. The van der Waals surface area contributed by atoms with Gasteiger partial charge in [-0.2, -0.15) is 0 Å². The fraction of sp³-hybridized carbons (Fsp3) is 0.300. The molecule has 0 saturated carbocycles. The van der Waals surface area contributed by atoms with E-state index in [4.69, 9.17) is 5.73 Å². The van der Waals surface area contributed by atoms with Crippen molar-refractivity contribution in [2.75, 3.05) is 18.4 Å². The summed E-state index contributed by atoms with van der Waals surface area (Å²) < 4.78 is 0. The fourth-order valence-electron chi connectivity index (χ4n) is 1.15. The number of rotatable bonds is 5. The Morgan fingerprint density at radius 2 is 2.00 bits per heavy atom. The number of nitro groups is 1. The van der Waals surface area contributed by atoms with Gasteiger partial charge in [0.2, 0.25) is 0 Å². The van der Waals surface area contributed by atoms with Gasteiger partial charge in [0.15, 0.2) is 0 Å². The first kappa shape index (κ1) is 12.9. The van der Waals surface area contributed by atoms with Crippen LogP contribution in [-0.2, 0) is 0 Å². The van der Waals surface area contributed by atoms with Gasteiger partial charge in [0.25, 0.3) is 5.69 Å². The lowest BCUT2D eigenvalue weighted by atomic mass is 10.3. The average molecular weight is 238 g/mol. The second kappa shape index (κ2) is 6.44. The number of nitrogens with zero attached hydrogens (tertiary/aromatic N) is 1. The number of hydrogen-bond donors (Lipinski definition) is 3. The summed E-state index contributed by atoms with van der Waals surface area (Å²) in [5, 5.41) is 15.6. The summed E-state index contributed by atoms with van der Waals surface area (Å²) >= 11 is 0. The smallest absolute Gasteiger partial charge is 0.319 e. The maximum atomic E-state index is 11.3. The highest BCUT2D eigenvalue weighted by atomic mass is 16.6. The SMILES string of the molecule is NCCCNC(=O)Nc1ccc([N+](=O)[O-])cc1. The van der Waals surface area contributed by atoms with Gasteiger partial charge in [-0.1, -0.05) is 0 Å². The van der Waals surface area contributed by atoms with E-state index in [9.17, 15) is 14.9 Å². The Hall–Kier alpha value is -2.15. The summed E-state index contributed by atoms with van der Waals surface area (Å²) in [6.07, 6.45) is 0.702. The first-order valence-corrected chi connectivity index (χ1v) is 5.13. The molecule has 2 amide bonds. The molecule has 1 aromatic carbocycles. The number of nitrogens with one attached hydrogen (secondary N) is 2. The van der Waals surface area contributed by atoms with E-state index in [1.807, 2.05) is 0 Å². The Labute approximate surface area is 98.1 Å². The second-order valence-corrected chi connectivity index (χ2v) is 3.33. The van der Waals surface area contributed by atoms with Crippen LogP contribution in [0.2, 0.25) is 0 Å². The summed E-state index contributed by atoms with van der Waals surface area (Å²) in [4.78, 5) is 21.2. The zero-order chi connectivity index (χ0) is 12.7. The molecule has 0 unspecified atom stereocenters. The van der Waals surface area contributed by atoms with Gasteiger partial charge in [-0.3, -0.25) is 10.1 Å². The lowest BCUT2D eigenvalue weighted by molar-refractivity contribution is -0.384. The third kappa shape index (κ3) is 4.47. The van der Waals surface area contributed by atoms with E-state index in [1.54, 1.807) is 0 Å². The second-order valence-electron chi connectivity index (χ2n) is 3.33. The largest absolute Gasteiger partial charge is 0.338 e. The molecule has 0 aliphatic rings. The molecule has 1 rings (SSSR count). The molecule has 0 aromatic heterocycles. The van der Waals surface area contributed by atoms with Crippen molar-refractivity contribution in [3.05, 3.63) is 34.4 Å². The predicted molar refractivity (Wildman–Crippen MR) is 63.8 cm³/mol. The molecule has 1 aromatic rings. The minimum Gasteiger partial charge on any atom is -0.338 e. The lowest BCUT2D eigenvalue weighted by Crippen LogP contribution is -2.30. The van der Waals surface area contributed by atoms with Gasteiger partial charge in [-0.15, -0.1) is 0 Å². The van der Waals surface area contributed by atoms with Crippen molar-refractivity contribution >= 4 is 17.4 Å². The standard InChI is InChI=1S/C10H14N4O3/c11-6-1-7-12-10(15)13-8-2-4-9(5-3-8)14(16)17/h2-5H,1,6-7,11H2,(H2,12,13,15). The highest BCUT2D eigenvalue weighted by Gasteiger charge is 2.05. The summed E-state index contributed by atoms with van der Waals surface area (Å²) in [6, 6.07) is 5.25. The minimum absolute atomic E-state index is 0.0147. The quantitative estimate of drug-likeness (QED) is 0.404. The molecule has 4 N–H and O–H groups in total. The highest BCUT2D eigenvalue weighted by molar-refractivity contribution is 5.89. The van der Waals surface area contributed by atoms with Crippen molar-refractivity contribution < 1.29 is 9.72 Å². The van der Waals surface area contributed by atoms with Crippen LogP contribution in [0.4, 0.5) is 16.2 Å². The summed E-state index contributed by atoms with van der Waals surface area (Å²) in [5.41, 5.74) is 5.76. The molecule has 0 heterocycles. The Bertz CT molecular complexity index is 391. The maximum absolute atomic E-state index is 11.3. The first-order valence-electron chi connectivity index (χ1n) is 5.13. The Kier molecular flexibility index (Phi) is 4.89. The number of non-ortho nitro benzene ring substituents is 1. The molecular formula is C10H14N4O3. The Morgan fingerprint density at radius 1 is 1.35 bits per heavy atom. The first-order chi connectivity index (χ1) is 8.13. The van der Waals surface area contributed by atoms with Crippen molar-refractivity contribution in [2.24, 2.45) is 5.73 Å². The third-order valence-electron chi connectivity index (χ3n) is 2.00. The predicted octanol–water partition coefficient (Wildman–Crippen LogP) is 1.07. The van der Waals surface area contributed by atoms with E-state index >= 15 is 0 Å². The lowest BCUT2D eigenvalue weighted by Gasteiger charge is -2.06. The van der Waals surface area contributed by atoms with E-state index in [0.717, 1.165) is 0 Å². The van der Waals surface area contributed by atoms with Gasteiger partial charge in [-0.05, 0) is 25.1 Å². The van der Waals surface area contributed by atoms with Crippen LogP contribution in [0.15, 0.2) is 24.3 Å². The van der Waals surface area contributed by atoms with Crippen molar-refractivity contribution in [3.63, 3.8) is 0 Å². The molecule has 17 heavy (non-hydrogen) atoms. The Balaban J connectivity index is 2.46. The van der Waals surface area contributed by atoms with Gasteiger partial charge >= 0.3 is 6.03 Å². The molecule has 0 bridgehead atoms. The Morgan fingerprint density at radius 3 is 2.53 bits per heavy atom. The molecular weight excluding hydrogens is 224 g/mol. The molecule has 7 heteroatoms. The number of nitrogens with two attached hydrogens (primary N) is 1. The number of hydrogen-bond acceptors (Lipinski definition) is 4.